The fourth-order valence-corrected chi connectivity index (χ4v) is 3.54. The minimum absolute atomic E-state index is 0.206. The quantitative estimate of drug-likeness (QED) is 0.926. The highest BCUT2D eigenvalue weighted by atomic mass is 32.2. The molecule has 0 spiro atoms. The maximum atomic E-state index is 12.7. The molecule has 3 rings (SSSR count). The van der Waals surface area contributed by atoms with E-state index in [1.54, 1.807) is 23.3 Å². The van der Waals surface area contributed by atoms with E-state index >= 15 is 0 Å². The number of benzene rings is 1. The molecule has 1 aromatic carbocycles. The zero-order valence-electron chi connectivity index (χ0n) is 10.2. The molecule has 106 valence electrons. The van der Waals surface area contributed by atoms with Gasteiger partial charge in [0.2, 0.25) is 0 Å². The summed E-state index contributed by atoms with van der Waals surface area (Å²) >= 11 is 1.40. The zero-order chi connectivity index (χ0) is 14.3. The lowest BCUT2D eigenvalue weighted by Crippen LogP contribution is -2.16. The largest absolute Gasteiger partial charge is 0.416 e. The minimum Gasteiger partial charge on any atom is -0.387 e. The molecule has 0 amide bonds. The van der Waals surface area contributed by atoms with Gasteiger partial charge in [-0.3, -0.25) is 0 Å². The predicted octanol–water partition coefficient (Wildman–Crippen LogP) is 3.11. The van der Waals surface area contributed by atoms with Crippen LogP contribution >= 0.6 is 11.8 Å². The number of alkyl halides is 3. The Morgan fingerprint density at radius 1 is 1.35 bits per heavy atom. The third kappa shape index (κ3) is 2.43. The molecule has 2 aromatic rings. The van der Waals surface area contributed by atoms with Crippen LogP contribution < -0.4 is 0 Å². The maximum absolute atomic E-state index is 12.7. The van der Waals surface area contributed by atoms with E-state index in [9.17, 15) is 18.3 Å². The molecule has 0 radical (unpaired) electrons. The fraction of sp³-hybridized carbons (Fsp3) is 0.308. The lowest BCUT2D eigenvalue weighted by atomic mass is 10.0. The molecule has 0 fully saturated rings. The first-order valence-corrected chi connectivity index (χ1v) is 6.85. The first-order valence-electron chi connectivity index (χ1n) is 5.97. The normalized spacial score (nSPS) is 22.0. The molecule has 7 heteroatoms. The number of fused-ring (bicyclic) bond motifs is 1. The van der Waals surface area contributed by atoms with Crippen LogP contribution in [-0.4, -0.2) is 19.9 Å². The SMILES string of the molecule is OC1c2cc(C(F)(F)F)ccc2SC1Cn1ccnc1. The Hall–Kier alpha value is -1.47. The molecule has 2 heterocycles. The summed E-state index contributed by atoms with van der Waals surface area (Å²) in [5.41, 5.74) is -0.367. The minimum atomic E-state index is -4.39. The van der Waals surface area contributed by atoms with Crippen molar-refractivity contribution in [3.05, 3.63) is 48.0 Å². The van der Waals surface area contributed by atoms with Crippen molar-refractivity contribution in [3.8, 4) is 0 Å². The summed E-state index contributed by atoms with van der Waals surface area (Å²) in [7, 11) is 0. The van der Waals surface area contributed by atoms with Crippen molar-refractivity contribution in [3.63, 3.8) is 0 Å². The highest BCUT2D eigenvalue weighted by Gasteiger charge is 2.36. The molecule has 1 aliphatic rings. The Balaban J connectivity index is 1.85. The summed E-state index contributed by atoms with van der Waals surface area (Å²) in [6, 6.07) is 3.53. The van der Waals surface area contributed by atoms with Crippen molar-refractivity contribution in [2.24, 2.45) is 0 Å². The average Bonchev–Trinajstić information content (AvgIpc) is 2.98. The number of imidazole rings is 1. The van der Waals surface area contributed by atoms with Crippen molar-refractivity contribution >= 4 is 11.8 Å². The first kappa shape index (κ1) is 13.5. The van der Waals surface area contributed by atoms with Gasteiger partial charge in [0.15, 0.2) is 0 Å². The monoisotopic (exact) mass is 300 g/mol. The molecular formula is C13H11F3N2OS. The third-order valence-electron chi connectivity index (χ3n) is 3.24. The van der Waals surface area contributed by atoms with Gasteiger partial charge in [0.1, 0.15) is 0 Å². The van der Waals surface area contributed by atoms with Crippen LogP contribution in [-0.2, 0) is 12.7 Å². The number of halogens is 3. The number of hydrogen-bond acceptors (Lipinski definition) is 3. The highest BCUT2D eigenvalue weighted by molar-refractivity contribution is 8.00. The second-order valence-corrected chi connectivity index (χ2v) is 5.89. The topological polar surface area (TPSA) is 38.0 Å². The van der Waals surface area contributed by atoms with Gasteiger partial charge in [0.05, 0.1) is 23.2 Å². The summed E-state index contributed by atoms with van der Waals surface area (Å²) in [6.45, 7) is 0.502. The van der Waals surface area contributed by atoms with Gasteiger partial charge in [-0.1, -0.05) is 0 Å². The lowest BCUT2D eigenvalue weighted by molar-refractivity contribution is -0.137. The van der Waals surface area contributed by atoms with Gasteiger partial charge < -0.3 is 9.67 Å². The number of aromatic nitrogens is 2. The van der Waals surface area contributed by atoms with E-state index in [0.717, 1.165) is 12.1 Å². The van der Waals surface area contributed by atoms with Crippen molar-refractivity contribution in [1.82, 2.24) is 9.55 Å². The second-order valence-electron chi connectivity index (χ2n) is 4.61. The van der Waals surface area contributed by atoms with Crippen LogP contribution in [0.4, 0.5) is 13.2 Å². The van der Waals surface area contributed by atoms with Gasteiger partial charge >= 0.3 is 6.18 Å². The standard InChI is InChI=1S/C13H11F3N2OS/c14-13(15,16)8-1-2-10-9(5-8)12(19)11(20-10)6-18-4-3-17-7-18/h1-5,7,11-12,19H,6H2. The number of nitrogens with zero attached hydrogens (tertiary/aromatic N) is 2. The summed E-state index contributed by atoms with van der Waals surface area (Å²) < 4.78 is 39.9. The van der Waals surface area contributed by atoms with Crippen molar-refractivity contribution in [2.75, 3.05) is 0 Å². The Kier molecular flexibility index (Phi) is 3.25. The number of rotatable bonds is 2. The van der Waals surface area contributed by atoms with Gasteiger partial charge in [0, 0.05) is 23.8 Å². The summed E-state index contributed by atoms with van der Waals surface area (Å²) in [6.07, 6.45) is -0.280. The van der Waals surface area contributed by atoms with E-state index < -0.39 is 17.8 Å². The van der Waals surface area contributed by atoms with Crippen LogP contribution in [0.2, 0.25) is 0 Å². The van der Waals surface area contributed by atoms with Gasteiger partial charge in [0.25, 0.3) is 0 Å². The van der Waals surface area contributed by atoms with Crippen LogP contribution in [0.15, 0.2) is 41.8 Å². The third-order valence-corrected chi connectivity index (χ3v) is 4.57. The molecule has 0 aliphatic carbocycles. The first-order chi connectivity index (χ1) is 9.45. The predicted molar refractivity (Wildman–Crippen MR) is 68.3 cm³/mol. The molecule has 0 saturated heterocycles. The van der Waals surface area contributed by atoms with E-state index in [1.165, 1.54) is 17.8 Å². The van der Waals surface area contributed by atoms with Crippen molar-refractivity contribution < 1.29 is 18.3 Å². The number of thioether (sulfide) groups is 1. The molecule has 0 saturated carbocycles. The van der Waals surface area contributed by atoms with E-state index in [-0.39, 0.29) is 5.25 Å². The van der Waals surface area contributed by atoms with Gasteiger partial charge in [-0.05, 0) is 23.8 Å². The molecule has 1 aromatic heterocycles. The Labute approximate surface area is 117 Å². The Bertz CT molecular complexity index is 613. The van der Waals surface area contributed by atoms with Gasteiger partial charge in [-0.2, -0.15) is 13.2 Å². The highest BCUT2D eigenvalue weighted by Crippen LogP contribution is 2.46. The Morgan fingerprint density at radius 2 is 2.15 bits per heavy atom. The smallest absolute Gasteiger partial charge is 0.387 e. The van der Waals surface area contributed by atoms with Crippen LogP contribution in [0.25, 0.3) is 0 Å². The molecule has 0 bridgehead atoms. The molecule has 3 nitrogen and oxygen atoms in total. The summed E-state index contributed by atoms with van der Waals surface area (Å²) in [5, 5.41) is 10.0. The van der Waals surface area contributed by atoms with Crippen LogP contribution in [0.1, 0.15) is 17.2 Å². The molecule has 1 N–H and O–H groups in total. The molecule has 2 atom stereocenters. The Morgan fingerprint density at radius 3 is 2.80 bits per heavy atom. The molecule has 1 aliphatic heterocycles. The maximum Gasteiger partial charge on any atom is 0.416 e. The van der Waals surface area contributed by atoms with E-state index in [2.05, 4.69) is 4.98 Å². The van der Waals surface area contributed by atoms with Crippen LogP contribution in [0.5, 0.6) is 0 Å². The summed E-state index contributed by atoms with van der Waals surface area (Å²) in [4.78, 5) is 4.61. The van der Waals surface area contributed by atoms with E-state index in [4.69, 9.17) is 0 Å². The van der Waals surface area contributed by atoms with Crippen molar-refractivity contribution in [1.29, 1.82) is 0 Å². The van der Waals surface area contributed by atoms with Gasteiger partial charge in [-0.25, -0.2) is 4.98 Å². The fourth-order valence-electron chi connectivity index (χ4n) is 2.23. The van der Waals surface area contributed by atoms with Crippen molar-refractivity contribution in [2.45, 2.75) is 29.0 Å². The molecular weight excluding hydrogens is 289 g/mol. The van der Waals surface area contributed by atoms with Crippen LogP contribution in [0.3, 0.4) is 0 Å². The van der Waals surface area contributed by atoms with E-state index in [0.29, 0.717) is 17.0 Å². The zero-order valence-corrected chi connectivity index (χ0v) is 11.0. The van der Waals surface area contributed by atoms with E-state index in [1.807, 2.05) is 0 Å². The number of aliphatic hydroxyl groups excluding tert-OH is 1. The van der Waals surface area contributed by atoms with Crippen LogP contribution in [0, 0.1) is 0 Å². The number of aliphatic hydroxyl groups is 1. The van der Waals surface area contributed by atoms with Gasteiger partial charge in [-0.15, -0.1) is 11.8 Å². The molecule has 2 unspecified atom stereocenters. The summed E-state index contributed by atoms with van der Waals surface area (Å²) in [5.74, 6) is 0. The lowest BCUT2D eigenvalue weighted by Gasteiger charge is -2.14. The second kappa shape index (κ2) is 4.82. The molecule has 20 heavy (non-hydrogen) atoms. The average molecular weight is 300 g/mol. The number of hydrogen-bond donors (Lipinski definition) is 1.